The van der Waals surface area contributed by atoms with Crippen LogP contribution in [-0.2, 0) is 13.0 Å². The highest BCUT2D eigenvalue weighted by Gasteiger charge is 2.24. The number of fused-ring (bicyclic) bond motifs is 1. The number of carboxylic acid groups (broad SMARTS) is 1. The number of aromatic nitrogens is 2. The normalized spacial score (nSPS) is 13.8. The Hall–Kier alpha value is -3.09. The van der Waals surface area contributed by atoms with Gasteiger partial charge >= 0.3 is 5.97 Å². The minimum Gasteiger partial charge on any atom is -0.478 e. The molecule has 1 saturated carbocycles. The average Bonchev–Trinajstić information content (AvgIpc) is 3.15. The fourth-order valence-electron chi connectivity index (χ4n) is 3.05. The average molecular weight is 353 g/mol. The number of aromatic carboxylic acids is 1. The molecule has 2 heterocycles. The van der Waals surface area contributed by atoms with E-state index in [9.17, 15) is 14.7 Å². The lowest BCUT2D eigenvalue weighted by atomic mass is 10.2. The zero-order valence-electron chi connectivity index (χ0n) is 14.1. The molecule has 134 valence electrons. The molecule has 0 bridgehead atoms. The van der Waals surface area contributed by atoms with Crippen LogP contribution < -0.4 is 5.32 Å². The minimum absolute atomic E-state index is 0.228. The fourth-order valence-corrected chi connectivity index (χ4v) is 3.05. The van der Waals surface area contributed by atoms with Gasteiger partial charge in [-0.05, 0) is 49.1 Å². The maximum Gasteiger partial charge on any atom is 0.335 e. The van der Waals surface area contributed by atoms with Gasteiger partial charge in [-0.15, -0.1) is 0 Å². The Bertz CT molecular complexity index is 955. The van der Waals surface area contributed by atoms with Crippen molar-refractivity contribution in [3.63, 3.8) is 0 Å². The van der Waals surface area contributed by atoms with Crippen LogP contribution in [0.4, 0.5) is 0 Å². The van der Waals surface area contributed by atoms with Gasteiger partial charge in [0.25, 0.3) is 5.91 Å². The summed E-state index contributed by atoms with van der Waals surface area (Å²) in [5, 5.41) is 12.0. The van der Waals surface area contributed by atoms with Gasteiger partial charge in [0, 0.05) is 19.5 Å². The van der Waals surface area contributed by atoms with Gasteiger partial charge in [0.15, 0.2) is 5.76 Å². The Morgan fingerprint density at radius 1 is 1.31 bits per heavy atom. The molecule has 26 heavy (non-hydrogen) atoms. The topological polar surface area (TPSA) is 97.4 Å². The van der Waals surface area contributed by atoms with Crippen LogP contribution in [-0.4, -0.2) is 33.1 Å². The third-order valence-corrected chi connectivity index (χ3v) is 4.59. The lowest BCUT2D eigenvalue weighted by Crippen LogP contribution is -2.26. The van der Waals surface area contributed by atoms with E-state index >= 15 is 0 Å². The standard InChI is InChI=1S/C19H19N3O4/c23-18(16-2-1-9-26-16)20-8-7-17-21-14-10-13(19(24)25)5-6-15(14)22(17)11-12-3-4-12/h1-2,5-6,9-10,12H,3-4,7-8,11H2,(H,20,23)(H,24,25). The molecule has 0 saturated heterocycles. The van der Waals surface area contributed by atoms with Gasteiger partial charge in [-0.1, -0.05) is 0 Å². The first-order valence-corrected chi connectivity index (χ1v) is 8.66. The second kappa shape index (κ2) is 6.67. The van der Waals surface area contributed by atoms with Crippen LogP contribution >= 0.6 is 0 Å². The highest BCUT2D eigenvalue weighted by molar-refractivity contribution is 5.92. The predicted molar refractivity (Wildman–Crippen MR) is 94.2 cm³/mol. The third-order valence-electron chi connectivity index (χ3n) is 4.59. The monoisotopic (exact) mass is 353 g/mol. The summed E-state index contributed by atoms with van der Waals surface area (Å²) in [7, 11) is 0. The van der Waals surface area contributed by atoms with Gasteiger partial charge in [0.1, 0.15) is 5.82 Å². The van der Waals surface area contributed by atoms with Crippen molar-refractivity contribution >= 4 is 22.9 Å². The fraction of sp³-hybridized carbons (Fsp3) is 0.316. The maximum absolute atomic E-state index is 12.0. The number of hydrogen-bond donors (Lipinski definition) is 2. The number of carboxylic acids is 1. The summed E-state index contributed by atoms with van der Waals surface area (Å²) in [6.07, 6.45) is 4.45. The molecular formula is C19H19N3O4. The smallest absolute Gasteiger partial charge is 0.335 e. The van der Waals surface area contributed by atoms with Crippen molar-refractivity contribution in [1.82, 2.24) is 14.9 Å². The zero-order valence-corrected chi connectivity index (χ0v) is 14.1. The van der Waals surface area contributed by atoms with Crippen LogP contribution in [0.15, 0.2) is 41.0 Å². The van der Waals surface area contributed by atoms with E-state index in [4.69, 9.17) is 4.42 Å². The lowest BCUT2D eigenvalue weighted by molar-refractivity contribution is 0.0696. The minimum atomic E-state index is -0.962. The number of rotatable bonds is 7. The van der Waals surface area contributed by atoms with Crippen LogP contribution in [0, 0.1) is 5.92 Å². The van der Waals surface area contributed by atoms with Crippen LogP contribution in [0.1, 0.15) is 39.6 Å². The summed E-state index contributed by atoms with van der Waals surface area (Å²) in [6.45, 7) is 1.31. The number of carbonyl (C=O) groups is 2. The molecule has 1 amide bonds. The summed E-state index contributed by atoms with van der Waals surface area (Å²) in [6, 6.07) is 8.32. The zero-order chi connectivity index (χ0) is 18.1. The number of benzene rings is 1. The molecule has 1 aromatic carbocycles. The maximum atomic E-state index is 12.0. The highest BCUT2D eigenvalue weighted by atomic mass is 16.4. The molecule has 1 fully saturated rings. The van der Waals surface area contributed by atoms with E-state index in [1.807, 2.05) is 6.07 Å². The molecule has 2 aromatic heterocycles. The third kappa shape index (κ3) is 3.33. The predicted octanol–water partition coefficient (Wildman–Crippen LogP) is 2.71. The van der Waals surface area contributed by atoms with Crippen molar-refractivity contribution in [2.75, 3.05) is 6.54 Å². The summed E-state index contributed by atoms with van der Waals surface area (Å²) < 4.78 is 7.23. The van der Waals surface area contributed by atoms with E-state index in [1.54, 1.807) is 24.3 Å². The number of hydrogen-bond acceptors (Lipinski definition) is 4. The van der Waals surface area contributed by atoms with Gasteiger partial charge < -0.3 is 19.4 Å². The molecule has 0 spiro atoms. The highest BCUT2D eigenvalue weighted by Crippen LogP contribution is 2.32. The van der Waals surface area contributed by atoms with Crippen molar-refractivity contribution in [2.24, 2.45) is 5.92 Å². The molecule has 7 heteroatoms. The van der Waals surface area contributed by atoms with Gasteiger partial charge in [-0.25, -0.2) is 9.78 Å². The number of carbonyl (C=O) groups excluding carboxylic acids is 1. The first-order valence-electron chi connectivity index (χ1n) is 8.66. The molecule has 0 aliphatic heterocycles. The number of nitrogens with zero attached hydrogens (tertiary/aromatic N) is 2. The SMILES string of the molecule is O=C(O)c1ccc2c(c1)nc(CCNC(=O)c1ccco1)n2CC1CC1. The second-order valence-electron chi connectivity index (χ2n) is 6.57. The summed E-state index contributed by atoms with van der Waals surface area (Å²) in [4.78, 5) is 27.8. The Morgan fingerprint density at radius 2 is 2.15 bits per heavy atom. The van der Waals surface area contributed by atoms with E-state index in [0.29, 0.717) is 24.4 Å². The molecular weight excluding hydrogens is 334 g/mol. The van der Waals surface area contributed by atoms with Crippen LogP contribution in [0.2, 0.25) is 0 Å². The molecule has 3 aromatic rings. The molecule has 2 N–H and O–H groups in total. The van der Waals surface area contributed by atoms with Crippen molar-refractivity contribution in [1.29, 1.82) is 0 Å². The number of imidazole rings is 1. The van der Waals surface area contributed by atoms with E-state index in [0.717, 1.165) is 17.9 Å². The van der Waals surface area contributed by atoms with Gasteiger partial charge in [-0.2, -0.15) is 0 Å². The summed E-state index contributed by atoms with van der Waals surface area (Å²) in [5.41, 5.74) is 1.85. The second-order valence-corrected chi connectivity index (χ2v) is 6.57. The molecule has 4 rings (SSSR count). The Kier molecular flexibility index (Phi) is 4.20. The van der Waals surface area contributed by atoms with Crippen molar-refractivity contribution in [3.8, 4) is 0 Å². The van der Waals surface area contributed by atoms with E-state index in [1.165, 1.54) is 19.1 Å². The van der Waals surface area contributed by atoms with Crippen molar-refractivity contribution in [3.05, 3.63) is 53.7 Å². The lowest BCUT2D eigenvalue weighted by Gasteiger charge is -2.09. The van der Waals surface area contributed by atoms with E-state index in [2.05, 4.69) is 14.9 Å². The number of amides is 1. The molecule has 0 radical (unpaired) electrons. The van der Waals surface area contributed by atoms with Crippen molar-refractivity contribution in [2.45, 2.75) is 25.8 Å². The molecule has 1 aliphatic carbocycles. The van der Waals surface area contributed by atoms with Gasteiger partial charge in [-0.3, -0.25) is 4.79 Å². The van der Waals surface area contributed by atoms with Gasteiger partial charge in [0.2, 0.25) is 0 Å². The van der Waals surface area contributed by atoms with Crippen LogP contribution in [0.5, 0.6) is 0 Å². The first-order chi connectivity index (χ1) is 12.6. The molecule has 7 nitrogen and oxygen atoms in total. The molecule has 0 unspecified atom stereocenters. The molecule has 1 aliphatic rings. The summed E-state index contributed by atoms with van der Waals surface area (Å²) in [5.74, 6) is 0.573. The van der Waals surface area contributed by atoms with Crippen molar-refractivity contribution < 1.29 is 19.1 Å². The Labute approximate surface area is 149 Å². The Balaban J connectivity index is 1.54. The first kappa shape index (κ1) is 16.4. The van der Waals surface area contributed by atoms with Crippen LogP contribution in [0.25, 0.3) is 11.0 Å². The number of nitrogens with one attached hydrogen (secondary N) is 1. The largest absolute Gasteiger partial charge is 0.478 e. The quantitative estimate of drug-likeness (QED) is 0.681. The van der Waals surface area contributed by atoms with Gasteiger partial charge in [0.05, 0.1) is 22.9 Å². The van der Waals surface area contributed by atoms with E-state index in [-0.39, 0.29) is 17.2 Å². The van der Waals surface area contributed by atoms with E-state index < -0.39 is 5.97 Å². The summed E-state index contributed by atoms with van der Waals surface area (Å²) >= 11 is 0. The number of furan rings is 1. The van der Waals surface area contributed by atoms with Crippen LogP contribution in [0.3, 0.4) is 0 Å². The molecule has 0 atom stereocenters. The Morgan fingerprint density at radius 3 is 2.85 bits per heavy atom.